The van der Waals surface area contributed by atoms with Crippen molar-refractivity contribution in [3.8, 4) is 0 Å². The summed E-state index contributed by atoms with van der Waals surface area (Å²) in [6.45, 7) is 0.251. The molecule has 49 heavy (non-hydrogen) atoms. The number of aliphatic hydroxyl groups excluding tert-OH is 8. The second-order valence-electron chi connectivity index (χ2n) is 14.0. The summed E-state index contributed by atoms with van der Waals surface area (Å²) in [7, 11) is 0. The quantitative estimate of drug-likeness (QED) is 0.0353. The normalized spacial score (nSPS) is 13.2. The van der Waals surface area contributed by atoms with E-state index in [9.17, 15) is 60.0 Å². The molecule has 0 atom stereocenters. The Labute approximate surface area is 287 Å². The number of carbonyl (C=O) groups excluding carboxylic acids is 4. The molecule has 0 radical (unpaired) electrons. The van der Waals surface area contributed by atoms with Crippen LogP contribution in [0.1, 0.15) is 54.4 Å². The van der Waals surface area contributed by atoms with E-state index >= 15 is 0 Å². The van der Waals surface area contributed by atoms with Gasteiger partial charge in [0.25, 0.3) is 0 Å². The fourth-order valence-electron chi connectivity index (χ4n) is 3.63. The number of carbonyl (C=O) groups is 4. The number of rotatable bonds is 26. The lowest BCUT2D eigenvalue weighted by atomic mass is 9.85. The van der Waals surface area contributed by atoms with Gasteiger partial charge >= 0.3 is 23.9 Å². The topological polar surface area (TPSA) is 276 Å². The molecule has 17 nitrogen and oxygen atoms in total. The van der Waals surface area contributed by atoms with Crippen LogP contribution in [0.3, 0.4) is 0 Å². The summed E-state index contributed by atoms with van der Waals surface area (Å²) >= 11 is 0. The Hall–Kier alpha value is -2.48. The third kappa shape index (κ3) is 12.4. The average Bonchev–Trinajstić information content (AvgIpc) is 3.14. The number of hydrogen-bond acceptors (Lipinski definition) is 17. The zero-order valence-electron chi connectivity index (χ0n) is 29.6. The summed E-state index contributed by atoms with van der Waals surface area (Å²) in [6, 6.07) is 0. The summed E-state index contributed by atoms with van der Waals surface area (Å²) < 4.78 is 27.8. The van der Waals surface area contributed by atoms with Crippen molar-refractivity contribution in [3.63, 3.8) is 0 Å². The first-order valence-electron chi connectivity index (χ1n) is 16.0. The minimum atomic E-state index is -1.65. The summed E-state index contributed by atoms with van der Waals surface area (Å²) in [5, 5.41) is 77.1. The van der Waals surface area contributed by atoms with Crippen LogP contribution in [0.25, 0.3) is 0 Å². The highest BCUT2D eigenvalue weighted by atomic mass is 16.6. The molecule has 0 saturated carbocycles. The first-order chi connectivity index (χ1) is 22.8. The summed E-state index contributed by atoms with van der Waals surface area (Å²) in [5.74, 6) is -3.81. The second-order valence-corrected chi connectivity index (χ2v) is 14.0. The molecule has 0 heterocycles. The van der Waals surface area contributed by atoms with Crippen LogP contribution >= 0.6 is 0 Å². The van der Waals surface area contributed by atoms with Crippen molar-refractivity contribution < 1.29 is 83.7 Å². The number of aliphatic hydroxyl groups is 8. The fraction of sp³-hybridized carbons (Fsp3) is 0.875. The van der Waals surface area contributed by atoms with E-state index in [2.05, 4.69) is 0 Å². The lowest BCUT2D eigenvalue weighted by Crippen LogP contribution is -2.46. The molecular weight excluding hydrogens is 656 g/mol. The van der Waals surface area contributed by atoms with Gasteiger partial charge in [0.05, 0.1) is 76.9 Å². The van der Waals surface area contributed by atoms with Crippen molar-refractivity contribution >= 4 is 23.9 Å². The van der Waals surface area contributed by atoms with Crippen LogP contribution < -0.4 is 0 Å². The van der Waals surface area contributed by atoms with E-state index in [0.717, 1.165) is 0 Å². The maximum atomic E-state index is 12.8. The molecule has 0 saturated heterocycles. The molecule has 17 heteroatoms. The second kappa shape index (κ2) is 20.4. The molecule has 0 amide bonds. The molecule has 0 aromatic heterocycles. The molecular formula is C32H58O17. The minimum absolute atomic E-state index is 0.150. The smallest absolute Gasteiger partial charge is 0.316 e. The van der Waals surface area contributed by atoms with Gasteiger partial charge in [-0.05, 0) is 40.5 Å². The van der Waals surface area contributed by atoms with Crippen LogP contribution in [0.5, 0.6) is 0 Å². The summed E-state index contributed by atoms with van der Waals surface area (Å²) in [5.41, 5.74) is -9.16. The molecule has 0 aromatic carbocycles. The molecule has 0 aromatic rings. The lowest BCUT2D eigenvalue weighted by molar-refractivity contribution is -0.178. The third-order valence-corrected chi connectivity index (χ3v) is 9.12. The first kappa shape index (κ1) is 46.5. The number of hydrogen-bond donors (Lipinski definition) is 8. The third-order valence-electron chi connectivity index (χ3n) is 9.12. The minimum Gasteiger partial charge on any atom is -0.464 e. The van der Waals surface area contributed by atoms with Crippen LogP contribution in [-0.4, -0.2) is 157 Å². The molecule has 8 N–H and O–H groups in total. The van der Waals surface area contributed by atoms with Gasteiger partial charge in [0, 0.05) is 0 Å². The first-order valence-corrected chi connectivity index (χ1v) is 16.0. The van der Waals surface area contributed by atoms with E-state index in [4.69, 9.17) is 23.7 Å². The SMILES string of the molecule is CCC(COCC(CC)(COC(=O)C(C)(CO)CO)COC(=O)C(C)(CO)CO)(COC(=O)C(C)(CO)CO)COC(=O)C(C)(CO)CO. The Morgan fingerprint density at radius 1 is 0.388 bits per heavy atom. The molecule has 0 aliphatic carbocycles. The fourth-order valence-corrected chi connectivity index (χ4v) is 3.63. The molecule has 0 fully saturated rings. The number of esters is 4. The molecule has 0 aliphatic heterocycles. The van der Waals surface area contributed by atoms with Crippen molar-refractivity contribution in [2.75, 3.05) is 92.5 Å². The van der Waals surface area contributed by atoms with E-state index < -0.39 is 136 Å². The monoisotopic (exact) mass is 714 g/mol. The van der Waals surface area contributed by atoms with E-state index in [1.54, 1.807) is 13.8 Å². The van der Waals surface area contributed by atoms with Gasteiger partial charge in [-0.2, -0.15) is 0 Å². The van der Waals surface area contributed by atoms with E-state index in [1.165, 1.54) is 27.7 Å². The van der Waals surface area contributed by atoms with Crippen molar-refractivity contribution in [2.45, 2.75) is 54.4 Å². The van der Waals surface area contributed by atoms with Crippen molar-refractivity contribution in [2.24, 2.45) is 32.5 Å². The molecule has 0 unspecified atom stereocenters. The summed E-state index contributed by atoms with van der Waals surface area (Å²) in [4.78, 5) is 51.2. The van der Waals surface area contributed by atoms with Crippen LogP contribution in [0.2, 0.25) is 0 Å². The van der Waals surface area contributed by atoms with Gasteiger partial charge in [-0.1, -0.05) is 13.8 Å². The standard InChI is InChI=1S/C32H58O17/c1-7-31(19-46-23(41)27(3,9-33)10-34,20-47-24(42)28(4,11-35)12-36)17-45-18-32(8-2,21-48-25(43)29(5,13-37)14-38)22-49-26(44)30(6,15-39)16-40/h33-40H,7-22H2,1-6H3. The maximum Gasteiger partial charge on any atom is 0.316 e. The van der Waals surface area contributed by atoms with Crippen molar-refractivity contribution in [1.82, 2.24) is 0 Å². The summed E-state index contributed by atoms with van der Waals surface area (Å²) in [6.07, 6.45) is 0.300. The van der Waals surface area contributed by atoms with E-state index in [-0.39, 0.29) is 26.1 Å². The van der Waals surface area contributed by atoms with Gasteiger partial charge in [-0.25, -0.2) is 0 Å². The Morgan fingerprint density at radius 3 is 0.714 bits per heavy atom. The van der Waals surface area contributed by atoms with Crippen LogP contribution in [0.4, 0.5) is 0 Å². The Morgan fingerprint density at radius 2 is 0.571 bits per heavy atom. The van der Waals surface area contributed by atoms with Crippen LogP contribution in [0.15, 0.2) is 0 Å². The van der Waals surface area contributed by atoms with Gasteiger partial charge in [-0.3, -0.25) is 19.2 Å². The van der Waals surface area contributed by atoms with Crippen molar-refractivity contribution in [3.05, 3.63) is 0 Å². The van der Waals surface area contributed by atoms with Gasteiger partial charge in [0.15, 0.2) is 0 Å². The molecule has 288 valence electrons. The Kier molecular flexibility index (Phi) is 19.4. The molecule has 0 spiro atoms. The van der Waals surface area contributed by atoms with Gasteiger partial charge in [0.2, 0.25) is 0 Å². The highest BCUT2D eigenvalue weighted by Crippen LogP contribution is 2.32. The number of ether oxygens (including phenoxy) is 5. The Balaban J connectivity index is 6.45. The Bertz CT molecular complexity index is 881. The van der Waals surface area contributed by atoms with Gasteiger partial charge < -0.3 is 64.5 Å². The van der Waals surface area contributed by atoms with Crippen LogP contribution in [-0.2, 0) is 42.9 Å². The lowest BCUT2D eigenvalue weighted by Gasteiger charge is -2.37. The van der Waals surface area contributed by atoms with E-state index in [0.29, 0.717) is 0 Å². The molecule has 0 aliphatic rings. The van der Waals surface area contributed by atoms with E-state index in [1.807, 2.05) is 0 Å². The predicted octanol–water partition coefficient (Wildman–Crippen LogP) is -2.07. The van der Waals surface area contributed by atoms with Crippen LogP contribution in [0, 0.1) is 32.5 Å². The predicted molar refractivity (Wildman–Crippen MR) is 169 cm³/mol. The van der Waals surface area contributed by atoms with Crippen molar-refractivity contribution in [1.29, 1.82) is 0 Å². The molecule has 0 rings (SSSR count). The average molecular weight is 715 g/mol. The largest absolute Gasteiger partial charge is 0.464 e. The highest BCUT2D eigenvalue weighted by molar-refractivity contribution is 5.78. The zero-order chi connectivity index (χ0) is 38.2. The highest BCUT2D eigenvalue weighted by Gasteiger charge is 2.43. The maximum absolute atomic E-state index is 12.8. The van der Waals surface area contributed by atoms with Gasteiger partial charge in [-0.15, -0.1) is 0 Å². The van der Waals surface area contributed by atoms with Gasteiger partial charge in [0.1, 0.15) is 48.1 Å². The molecule has 0 bridgehead atoms. The zero-order valence-corrected chi connectivity index (χ0v) is 29.6.